The number of carbonyl (C=O) groups excluding carboxylic acids is 2. The molecule has 0 aromatic heterocycles. The Hall–Kier alpha value is -7.94. The lowest BCUT2D eigenvalue weighted by Gasteiger charge is -2.15. The zero-order chi connectivity index (χ0) is 42.5. The van der Waals surface area contributed by atoms with Gasteiger partial charge in [0.1, 0.15) is 23.8 Å². The maximum Gasteiger partial charge on any atom is 0.336 e. The molecule has 4 heterocycles. The highest BCUT2D eigenvalue weighted by Crippen LogP contribution is 2.57. The molecule has 0 spiro atoms. The quantitative estimate of drug-likeness (QED) is 0.0292. The van der Waals surface area contributed by atoms with Crippen molar-refractivity contribution in [3.05, 3.63) is 223 Å². The molecule has 10 rings (SSSR count). The molecular formula is C48H34N6O8. The smallest absolute Gasteiger partial charge is 0.336 e. The molecule has 6 aromatic carbocycles. The lowest BCUT2D eigenvalue weighted by atomic mass is 10.0. The summed E-state index contributed by atoms with van der Waals surface area (Å²) >= 11 is 0. The number of aliphatic imine (C=N–C) groups is 2. The van der Waals surface area contributed by atoms with Gasteiger partial charge < -0.3 is 9.47 Å². The Kier molecular flexibility index (Phi) is 9.62. The van der Waals surface area contributed by atoms with Crippen molar-refractivity contribution in [1.29, 1.82) is 0 Å². The second-order valence-electron chi connectivity index (χ2n) is 15.2. The number of nitro groups is 2. The highest BCUT2D eigenvalue weighted by molar-refractivity contribution is 6.09. The van der Waals surface area contributed by atoms with Crippen LogP contribution in [0.3, 0.4) is 0 Å². The predicted octanol–water partition coefficient (Wildman–Crippen LogP) is 8.42. The summed E-state index contributed by atoms with van der Waals surface area (Å²) in [5.41, 5.74) is 7.64. The van der Waals surface area contributed by atoms with Gasteiger partial charge >= 0.3 is 11.9 Å². The Morgan fingerprint density at radius 2 is 0.806 bits per heavy atom. The second kappa shape index (κ2) is 15.6. The fourth-order valence-electron chi connectivity index (χ4n) is 8.58. The third-order valence-corrected chi connectivity index (χ3v) is 11.5. The molecule has 62 heavy (non-hydrogen) atoms. The molecular weight excluding hydrogens is 789 g/mol. The van der Waals surface area contributed by atoms with Crippen molar-refractivity contribution in [3.8, 4) is 11.5 Å². The largest absolute Gasteiger partial charge is 0.423 e. The summed E-state index contributed by atoms with van der Waals surface area (Å²) in [6, 6.07) is 47.1. The van der Waals surface area contributed by atoms with Crippen LogP contribution in [0.1, 0.15) is 57.8 Å². The first-order chi connectivity index (χ1) is 30.2. The summed E-state index contributed by atoms with van der Waals surface area (Å²) in [5, 5.41) is 22.5. The first kappa shape index (κ1) is 38.3. The van der Waals surface area contributed by atoms with Crippen LogP contribution in [0.5, 0.6) is 11.5 Å². The number of esters is 2. The number of hydrogen-bond acceptors (Lipinski definition) is 12. The zero-order valence-electron chi connectivity index (χ0n) is 32.6. The summed E-state index contributed by atoms with van der Waals surface area (Å²) in [4.78, 5) is 61.7. The van der Waals surface area contributed by atoms with Gasteiger partial charge in [-0.3, -0.25) is 40.0 Å². The van der Waals surface area contributed by atoms with Crippen molar-refractivity contribution in [3.63, 3.8) is 0 Å². The molecule has 0 N–H and O–H groups in total. The number of fused-ring (bicyclic) bond motifs is 2. The van der Waals surface area contributed by atoms with E-state index in [-0.39, 0.29) is 59.4 Å². The molecule has 0 amide bonds. The molecule has 4 aliphatic rings. The van der Waals surface area contributed by atoms with Crippen molar-refractivity contribution in [2.24, 2.45) is 9.98 Å². The van der Waals surface area contributed by atoms with E-state index in [1.807, 2.05) is 84.9 Å². The van der Waals surface area contributed by atoms with E-state index in [2.05, 4.69) is 9.80 Å². The number of rotatable bonds is 12. The third kappa shape index (κ3) is 7.23. The molecule has 8 unspecified atom stereocenters. The number of benzene rings is 6. The van der Waals surface area contributed by atoms with Crippen LogP contribution in [0.2, 0.25) is 0 Å². The topological polar surface area (TPSA) is 170 Å². The van der Waals surface area contributed by atoms with Crippen molar-refractivity contribution < 1.29 is 28.9 Å². The fraction of sp³-hybridized carbons (Fsp3) is 0.125. The lowest BCUT2D eigenvalue weighted by Crippen LogP contribution is -2.09. The van der Waals surface area contributed by atoms with Gasteiger partial charge in [-0.05, 0) is 57.6 Å². The van der Waals surface area contributed by atoms with Crippen LogP contribution in [-0.2, 0) is 9.59 Å². The minimum absolute atomic E-state index is 0.00371. The Labute approximate surface area is 354 Å². The van der Waals surface area contributed by atoms with Gasteiger partial charge in [-0.15, -0.1) is 0 Å². The van der Waals surface area contributed by atoms with E-state index in [0.717, 1.165) is 57.0 Å². The Bertz CT molecular complexity index is 2620. The Morgan fingerprint density at radius 1 is 0.468 bits per heavy atom. The minimum Gasteiger partial charge on any atom is -0.423 e. The van der Waals surface area contributed by atoms with Gasteiger partial charge in [0.15, 0.2) is 0 Å². The molecule has 0 saturated carbocycles. The van der Waals surface area contributed by atoms with Crippen molar-refractivity contribution >= 4 is 34.7 Å². The summed E-state index contributed by atoms with van der Waals surface area (Å²) in [7, 11) is 0. The molecule has 0 aliphatic carbocycles. The van der Waals surface area contributed by atoms with E-state index in [1.54, 1.807) is 48.5 Å². The molecule has 8 atom stereocenters. The van der Waals surface area contributed by atoms with E-state index in [4.69, 9.17) is 19.5 Å². The van der Waals surface area contributed by atoms with Crippen LogP contribution in [-0.4, -0.2) is 55.1 Å². The van der Waals surface area contributed by atoms with Crippen molar-refractivity contribution in [2.75, 3.05) is 0 Å². The number of nitro benzene ring substituents is 2. The molecule has 2 fully saturated rings. The zero-order valence-corrected chi connectivity index (χ0v) is 32.6. The molecule has 0 radical (unpaired) electrons. The number of carbonyl (C=O) groups is 2. The van der Waals surface area contributed by atoms with Gasteiger partial charge in [-0.2, -0.15) is 0 Å². The second-order valence-corrected chi connectivity index (χ2v) is 15.2. The van der Waals surface area contributed by atoms with Crippen LogP contribution in [0, 0.1) is 20.2 Å². The van der Waals surface area contributed by atoms with Crippen LogP contribution < -0.4 is 9.47 Å². The van der Waals surface area contributed by atoms with Crippen molar-refractivity contribution in [1.82, 2.24) is 9.80 Å². The number of ether oxygens (including phenoxy) is 2. The molecule has 304 valence electrons. The molecule has 2 saturated heterocycles. The molecule has 14 nitrogen and oxygen atoms in total. The van der Waals surface area contributed by atoms with Crippen LogP contribution in [0.4, 0.5) is 11.4 Å². The van der Waals surface area contributed by atoms with Crippen LogP contribution in [0.25, 0.3) is 0 Å². The van der Waals surface area contributed by atoms with Gasteiger partial charge in [0.25, 0.3) is 11.4 Å². The van der Waals surface area contributed by atoms with E-state index < -0.39 is 21.8 Å². The average molecular weight is 823 g/mol. The van der Waals surface area contributed by atoms with Gasteiger partial charge in [0.05, 0.1) is 45.4 Å². The maximum atomic E-state index is 12.7. The average Bonchev–Trinajstić information content (AvgIpc) is 4.13. The molecule has 4 aliphatic heterocycles. The number of non-ortho nitro benzene ring substituents is 2. The van der Waals surface area contributed by atoms with Gasteiger partial charge in [0, 0.05) is 36.4 Å². The summed E-state index contributed by atoms with van der Waals surface area (Å²) in [6.07, 6.45) is 1.38. The summed E-state index contributed by atoms with van der Waals surface area (Å²) < 4.78 is 11.0. The molecule has 0 bridgehead atoms. The highest BCUT2D eigenvalue weighted by Gasteiger charge is 2.60. The Morgan fingerprint density at radius 3 is 1.15 bits per heavy atom. The van der Waals surface area contributed by atoms with Crippen LogP contribution >= 0.6 is 0 Å². The molecule has 14 heteroatoms. The fourth-order valence-corrected chi connectivity index (χ4v) is 8.58. The lowest BCUT2D eigenvalue weighted by molar-refractivity contribution is -0.385. The number of hydrogen-bond donors (Lipinski definition) is 0. The van der Waals surface area contributed by atoms with E-state index in [9.17, 15) is 29.8 Å². The van der Waals surface area contributed by atoms with Crippen LogP contribution in [0.15, 0.2) is 180 Å². The third-order valence-electron chi connectivity index (χ3n) is 11.5. The SMILES string of the molecule is O=C(/C=C/C(=O)Oc1ccc(C2N=C(c3ccccc3)C3C(c4ccc([N+](=O)[O-])cc4)N23)cc1)Oc1ccc(C2N=C(c3ccccc3)C3C(c4ccc([N+](=O)[O-])cc4)N23)cc1. The van der Waals surface area contributed by atoms with Gasteiger partial charge in [-0.1, -0.05) is 109 Å². The maximum absolute atomic E-state index is 12.7. The predicted molar refractivity (Wildman–Crippen MR) is 228 cm³/mol. The molecule has 6 aromatic rings. The normalized spacial score (nSPS) is 24.0. The summed E-state index contributed by atoms with van der Waals surface area (Å²) in [6.45, 7) is 0. The van der Waals surface area contributed by atoms with Gasteiger partial charge in [0.2, 0.25) is 0 Å². The Balaban J connectivity index is 0.773. The van der Waals surface area contributed by atoms with E-state index in [1.165, 1.54) is 24.3 Å². The van der Waals surface area contributed by atoms with E-state index in [0.29, 0.717) is 0 Å². The summed E-state index contributed by atoms with van der Waals surface area (Å²) in [5.74, 6) is -0.963. The minimum atomic E-state index is -0.761. The monoisotopic (exact) mass is 822 g/mol. The highest BCUT2D eigenvalue weighted by atomic mass is 16.6. The number of nitrogens with zero attached hydrogens (tertiary/aromatic N) is 6. The first-order valence-corrected chi connectivity index (χ1v) is 19.8. The van der Waals surface area contributed by atoms with Gasteiger partial charge in [-0.25, -0.2) is 9.59 Å². The van der Waals surface area contributed by atoms with Crippen molar-refractivity contribution in [2.45, 2.75) is 36.5 Å². The van der Waals surface area contributed by atoms with E-state index >= 15 is 0 Å². The first-order valence-electron chi connectivity index (χ1n) is 19.8. The standard InChI is InChI=1S/C48H34N6O8/c55-39(61-37-23-15-33(16-24-37)47-49-41(29-7-3-1-4-8-29)45-43(51(45)47)31-11-19-35(20-12-31)53(57)58)27-28-40(56)62-38-25-17-34(18-26-38)48-50-42(30-9-5-2-6-10-30)46-44(52(46)48)32-13-21-36(22-14-32)54(59)60/h1-28,43-48H/b28-27+.